The molecule has 54 heavy (non-hydrogen) atoms. The van der Waals surface area contributed by atoms with Crippen molar-refractivity contribution in [3.63, 3.8) is 0 Å². The van der Waals surface area contributed by atoms with Gasteiger partial charge in [-0.05, 0) is 72.4 Å². The summed E-state index contributed by atoms with van der Waals surface area (Å²) in [7, 11) is -1.66. The fourth-order valence-electron chi connectivity index (χ4n) is 6.91. The van der Waals surface area contributed by atoms with E-state index in [0.29, 0.717) is 18.4 Å². The van der Waals surface area contributed by atoms with Crippen LogP contribution in [0.3, 0.4) is 0 Å². The summed E-state index contributed by atoms with van der Waals surface area (Å²) in [6, 6.07) is 2.38. The van der Waals surface area contributed by atoms with E-state index in [9.17, 15) is 37.5 Å². The van der Waals surface area contributed by atoms with Gasteiger partial charge in [0.05, 0.1) is 17.6 Å². The number of ether oxygens (including phenoxy) is 2. The van der Waals surface area contributed by atoms with Crippen molar-refractivity contribution in [1.82, 2.24) is 34.1 Å². The number of imidazole rings is 1. The normalized spacial score (nSPS) is 25.9. The van der Waals surface area contributed by atoms with Crippen LogP contribution in [0.4, 0.5) is 4.79 Å². The number of allylic oxidation sites excluding steroid dienone is 1. The molecule has 4 N–H and O–H groups in total. The van der Waals surface area contributed by atoms with Gasteiger partial charge in [-0.2, -0.15) is 17.7 Å². The average molecular weight is 774 g/mol. The van der Waals surface area contributed by atoms with Crippen LogP contribution in [0.2, 0.25) is 0 Å². The highest BCUT2D eigenvalue weighted by Crippen LogP contribution is 2.46. The fourth-order valence-corrected chi connectivity index (χ4v) is 7.51. The maximum atomic E-state index is 14.5. The second kappa shape index (κ2) is 15.6. The zero-order valence-corrected chi connectivity index (χ0v) is 32.6. The number of hydrogen-bond donors (Lipinski definition) is 4. The van der Waals surface area contributed by atoms with E-state index in [-0.39, 0.29) is 48.9 Å². The Balaban J connectivity index is 1.52. The third-order valence-electron chi connectivity index (χ3n) is 9.74. The van der Waals surface area contributed by atoms with Crippen LogP contribution in [0.25, 0.3) is 11.0 Å². The minimum Gasteiger partial charge on any atom is -0.478 e. The first-order valence-corrected chi connectivity index (χ1v) is 19.6. The lowest BCUT2D eigenvalue weighted by Gasteiger charge is -2.30. The lowest BCUT2D eigenvalue weighted by molar-refractivity contribution is -0.141. The maximum Gasteiger partial charge on any atom is 0.408 e. The van der Waals surface area contributed by atoms with Gasteiger partial charge in [0.25, 0.3) is 11.9 Å². The lowest BCUT2D eigenvalue weighted by Crippen LogP contribution is -2.58. The van der Waals surface area contributed by atoms with Crippen LogP contribution in [0.1, 0.15) is 96.0 Å². The number of aromatic nitrogens is 2. The van der Waals surface area contributed by atoms with Crippen LogP contribution >= 0.6 is 0 Å². The number of alkyl carbamates (subject to hydrolysis) is 1. The fraction of sp³-hybridized carbons (Fsp3) is 0.611. The number of carbonyl (C=O) groups is 5. The Morgan fingerprint density at radius 3 is 2.50 bits per heavy atom. The number of para-hydroxylation sites is 1. The highest BCUT2D eigenvalue weighted by atomic mass is 32.2. The molecular formula is C36H51N7O10S. The monoisotopic (exact) mass is 773 g/mol. The van der Waals surface area contributed by atoms with Crippen molar-refractivity contribution in [3.8, 4) is 6.01 Å². The number of carboxylic acid groups (broad SMARTS) is 1. The first-order chi connectivity index (χ1) is 25.2. The zero-order valence-electron chi connectivity index (χ0n) is 31.7. The quantitative estimate of drug-likeness (QED) is 0.286. The van der Waals surface area contributed by atoms with E-state index in [4.69, 9.17) is 9.47 Å². The van der Waals surface area contributed by atoms with Crippen molar-refractivity contribution in [2.24, 2.45) is 5.92 Å². The molecule has 17 nitrogen and oxygen atoms in total. The van der Waals surface area contributed by atoms with Gasteiger partial charge in [-0.25, -0.2) is 14.3 Å². The van der Waals surface area contributed by atoms with Crippen molar-refractivity contribution in [2.75, 3.05) is 20.6 Å². The number of rotatable bonds is 8. The van der Waals surface area contributed by atoms with E-state index in [1.54, 1.807) is 43.5 Å². The van der Waals surface area contributed by atoms with Crippen LogP contribution in [0, 0.1) is 5.92 Å². The summed E-state index contributed by atoms with van der Waals surface area (Å²) < 4.78 is 41.9. The lowest BCUT2D eigenvalue weighted by atomic mass is 10.0. The van der Waals surface area contributed by atoms with Crippen molar-refractivity contribution in [3.05, 3.63) is 35.9 Å². The molecule has 0 radical (unpaired) electrons. The number of benzene rings is 1. The van der Waals surface area contributed by atoms with E-state index in [0.717, 1.165) is 17.1 Å². The summed E-state index contributed by atoms with van der Waals surface area (Å²) in [5, 5.41) is 15.3. The van der Waals surface area contributed by atoms with E-state index < -0.39 is 75.2 Å². The standard InChI is InChI=1S/C36H51N7O10S/c1-21(2)43-26-17-13-15-24(31(46)47)28(26)38-33(43)52-23-18-27-29(44)39-36(32(48)40-54(50,51)41(6)7)19-22(36)14-11-9-8-10-12-16-25(30(45)42(27)20-23)37-34(49)53-35(3,4)5/h11,13-15,17,21-23,25,27H,8-10,12,16,18-20H2,1-7H3,(H,37,49)(H,39,44)(H,40,48)(H,46,47)/b14-11-/t22-,23-,25+,27+,36-/m1/s1. The number of aromatic carboxylic acids is 1. The number of nitrogens with zero attached hydrogens (tertiary/aromatic N) is 4. The summed E-state index contributed by atoms with van der Waals surface area (Å²) in [6.07, 6.45) is 5.11. The number of hydrogen-bond acceptors (Lipinski definition) is 10. The van der Waals surface area contributed by atoms with E-state index in [1.165, 1.54) is 25.1 Å². The SMILES string of the molecule is CC(C)n1c(O[C@@H]2C[C@H]3C(=O)N[C@]4(C(=O)NS(=O)(=O)N(C)C)C[C@H]4/C=C\CCCCC[C@H](NC(=O)OC(C)(C)C)C(=O)N3C2)nc2c(C(=O)O)cccc21. The van der Waals surface area contributed by atoms with Crippen LogP contribution in [-0.2, 0) is 29.3 Å². The maximum absolute atomic E-state index is 14.5. The molecule has 1 saturated carbocycles. The molecule has 2 aromatic rings. The molecule has 296 valence electrons. The van der Waals surface area contributed by atoms with Gasteiger partial charge in [-0.3, -0.25) is 19.0 Å². The number of amides is 4. The van der Waals surface area contributed by atoms with E-state index in [2.05, 4.69) is 20.3 Å². The summed E-state index contributed by atoms with van der Waals surface area (Å²) in [5.41, 5.74) is -1.72. The van der Waals surface area contributed by atoms with Crippen molar-refractivity contribution in [1.29, 1.82) is 0 Å². The molecule has 0 spiro atoms. The molecule has 5 atom stereocenters. The molecule has 5 rings (SSSR count). The molecule has 0 bridgehead atoms. The summed E-state index contributed by atoms with van der Waals surface area (Å²) in [4.78, 5) is 73.3. The molecule has 18 heteroatoms. The Labute approximate surface area is 315 Å². The van der Waals surface area contributed by atoms with Crippen molar-refractivity contribution in [2.45, 2.75) is 115 Å². The van der Waals surface area contributed by atoms with Gasteiger partial charge in [0.2, 0.25) is 11.8 Å². The number of carboxylic acids is 1. The summed E-state index contributed by atoms with van der Waals surface area (Å²) >= 11 is 0. The topological polar surface area (TPSA) is 219 Å². The Kier molecular flexibility index (Phi) is 11.7. The van der Waals surface area contributed by atoms with Crippen molar-refractivity contribution < 1.29 is 47.0 Å². The first kappa shape index (κ1) is 40.5. The van der Waals surface area contributed by atoms with Gasteiger partial charge in [-0.15, -0.1) is 0 Å². The van der Waals surface area contributed by atoms with E-state index in [1.807, 2.05) is 19.9 Å². The second-order valence-corrected chi connectivity index (χ2v) is 17.5. The predicted octanol–water partition coefficient (Wildman–Crippen LogP) is 2.87. The molecular weight excluding hydrogens is 723 g/mol. The van der Waals surface area contributed by atoms with Gasteiger partial charge < -0.3 is 30.1 Å². The molecule has 3 heterocycles. The zero-order chi connectivity index (χ0) is 39.7. The van der Waals surface area contributed by atoms with Crippen LogP contribution in [-0.4, -0.2) is 112 Å². The van der Waals surface area contributed by atoms with Crippen molar-refractivity contribution >= 4 is 51.0 Å². The molecule has 2 aliphatic heterocycles. The smallest absolute Gasteiger partial charge is 0.408 e. The molecule has 1 aromatic carbocycles. The van der Waals surface area contributed by atoms with Gasteiger partial charge in [0.15, 0.2) is 0 Å². The highest BCUT2D eigenvalue weighted by Gasteiger charge is 2.61. The van der Waals surface area contributed by atoms with E-state index >= 15 is 0 Å². The first-order valence-electron chi connectivity index (χ1n) is 18.2. The summed E-state index contributed by atoms with van der Waals surface area (Å²) in [6.45, 7) is 8.74. The average Bonchev–Trinajstić information content (AvgIpc) is 3.38. The number of fused-ring (bicyclic) bond motifs is 3. The molecule has 3 aliphatic rings. The Morgan fingerprint density at radius 2 is 1.85 bits per heavy atom. The molecule has 2 fully saturated rings. The second-order valence-electron chi connectivity index (χ2n) is 15.6. The van der Waals surface area contributed by atoms with Crippen LogP contribution < -0.4 is 20.1 Å². The van der Waals surface area contributed by atoms with Gasteiger partial charge in [0, 0.05) is 32.5 Å². The largest absolute Gasteiger partial charge is 0.478 e. The molecule has 1 aromatic heterocycles. The minimum absolute atomic E-state index is 0.0191. The predicted molar refractivity (Wildman–Crippen MR) is 197 cm³/mol. The molecule has 0 unspecified atom stereocenters. The highest BCUT2D eigenvalue weighted by molar-refractivity contribution is 7.87. The Hall–Kier alpha value is -4.71. The third-order valence-corrected chi connectivity index (χ3v) is 11.1. The Morgan fingerprint density at radius 1 is 1.13 bits per heavy atom. The number of nitrogens with one attached hydrogen (secondary N) is 3. The Bertz CT molecular complexity index is 1940. The molecule has 4 amide bonds. The minimum atomic E-state index is -4.20. The third kappa shape index (κ3) is 8.80. The molecule has 1 saturated heterocycles. The van der Waals surface area contributed by atoms with Crippen LogP contribution in [0.15, 0.2) is 30.4 Å². The summed E-state index contributed by atoms with van der Waals surface area (Å²) in [5.74, 6) is -3.84. The molecule has 1 aliphatic carbocycles. The van der Waals surface area contributed by atoms with Gasteiger partial charge in [-0.1, -0.05) is 31.1 Å². The van der Waals surface area contributed by atoms with Gasteiger partial charge in [0.1, 0.15) is 34.8 Å². The van der Waals surface area contributed by atoms with Crippen LogP contribution in [0.5, 0.6) is 6.01 Å². The van der Waals surface area contributed by atoms with Gasteiger partial charge >= 0.3 is 22.3 Å². The number of carbonyl (C=O) groups excluding carboxylic acids is 4.